The van der Waals surface area contributed by atoms with Crippen LogP contribution in [-0.2, 0) is 16.9 Å². The van der Waals surface area contributed by atoms with E-state index in [1.165, 1.54) is 10.9 Å². The second-order valence-electron chi connectivity index (χ2n) is 6.93. The summed E-state index contributed by atoms with van der Waals surface area (Å²) in [7, 11) is -1.74. The average Bonchev–Trinajstić information content (AvgIpc) is 2.77. The second-order valence-corrected chi connectivity index (χ2v) is 8.96. The lowest BCUT2D eigenvalue weighted by Gasteiger charge is -2.29. The maximum Gasteiger partial charge on any atom is 0.277 e. The Kier molecular flexibility index (Phi) is 4.15. The predicted octanol–water partition coefficient (Wildman–Crippen LogP) is 1.82. The summed E-state index contributed by atoms with van der Waals surface area (Å²) in [6.07, 6.45) is 6.12. The van der Waals surface area contributed by atoms with Crippen molar-refractivity contribution in [3.63, 3.8) is 0 Å². The van der Waals surface area contributed by atoms with Gasteiger partial charge < -0.3 is 5.10 Å². The van der Waals surface area contributed by atoms with Crippen LogP contribution in [0.3, 0.4) is 0 Å². The Labute approximate surface area is 141 Å². The van der Waals surface area contributed by atoms with Crippen LogP contribution in [0.2, 0.25) is 0 Å². The molecule has 2 heterocycles. The fraction of sp³-hybridized carbons (Fsp3) is 0.529. The van der Waals surface area contributed by atoms with E-state index >= 15 is 0 Å². The number of rotatable bonds is 2. The molecule has 0 spiro atoms. The number of Topliss-reactive ketones (excluding diaryl/α,β-unsaturated/α-hetero) is 1. The molecule has 0 radical (unpaired) electrons. The number of hydrogen-bond donors (Lipinski definition) is 1. The topological polar surface area (TPSA) is 89.0 Å². The molecule has 1 aliphatic carbocycles. The van der Waals surface area contributed by atoms with Gasteiger partial charge in [-0.25, -0.2) is 8.42 Å². The molecule has 0 bridgehead atoms. The first kappa shape index (κ1) is 17.0. The molecule has 1 fully saturated rings. The van der Waals surface area contributed by atoms with Crippen LogP contribution in [-0.4, -0.2) is 29.7 Å². The number of aryl methyl sites for hydroxylation is 1. The van der Waals surface area contributed by atoms with Crippen molar-refractivity contribution in [2.24, 2.45) is 24.8 Å². The number of carbonyl (C=O) groups is 1. The summed E-state index contributed by atoms with van der Waals surface area (Å²) in [4.78, 5) is 25.2. The standard InChI is InChI=1S/C17H22N2O4S/c1-10-4-5-12-11(2)13(6-7-15(12)24(22,23)9-10)16(20)14-8-18-19(3)17(14)21/h6-8,10-12,18H,4-5,9H2,1-3H3. The van der Waals surface area contributed by atoms with Crippen LogP contribution in [0.4, 0.5) is 0 Å². The summed E-state index contributed by atoms with van der Waals surface area (Å²) in [5, 5.41) is 2.70. The van der Waals surface area contributed by atoms with Crippen molar-refractivity contribution >= 4 is 15.6 Å². The van der Waals surface area contributed by atoms with Gasteiger partial charge in [0, 0.05) is 29.6 Å². The van der Waals surface area contributed by atoms with E-state index in [2.05, 4.69) is 5.10 Å². The minimum Gasteiger partial charge on any atom is -0.302 e. The number of aromatic nitrogens is 2. The molecule has 2 aliphatic rings. The number of nitrogens with zero attached hydrogens (tertiary/aromatic N) is 1. The predicted molar refractivity (Wildman–Crippen MR) is 91.4 cm³/mol. The molecule has 3 atom stereocenters. The summed E-state index contributed by atoms with van der Waals surface area (Å²) in [6.45, 7) is 3.83. The van der Waals surface area contributed by atoms with Gasteiger partial charge in [-0.2, -0.15) is 0 Å². The lowest BCUT2D eigenvalue weighted by atomic mass is 9.77. The Balaban J connectivity index is 2.03. The molecule has 3 unspecified atom stereocenters. The molecule has 0 amide bonds. The van der Waals surface area contributed by atoms with E-state index in [9.17, 15) is 18.0 Å². The van der Waals surface area contributed by atoms with Crippen molar-refractivity contribution in [1.29, 1.82) is 0 Å². The summed E-state index contributed by atoms with van der Waals surface area (Å²) in [5.74, 6) is -0.458. The van der Waals surface area contributed by atoms with Crippen LogP contribution in [0.5, 0.6) is 0 Å². The Morgan fingerprint density at radius 1 is 1.25 bits per heavy atom. The normalized spacial score (nSPS) is 29.2. The first-order valence-electron chi connectivity index (χ1n) is 8.16. The van der Waals surface area contributed by atoms with Crippen molar-refractivity contribution < 1.29 is 13.2 Å². The van der Waals surface area contributed by atoms with Crippen LogP contribution in [0.15, 0.2) is 33.6 Å². The Morgan fingerprint density at radius 3 is 2.58 bits per heavy atom. The third-order valence-electron chi connectivity index (χ3n) is 5.16. The first-order valence-corrected chi connectivity index (χ1v) is 9.81. The number of allylic oxidation sites excluding steroid dienone is 4. The van der Waals surface area contributed by atoms with Crippen molar-refractivity contribution in [2.75, 3.05) is 5.75 Å². The second kappa shape index (κ2) is 5.88. The van der Waals surface area contributed by atoms with Crippen molar-refractivity contribution in [1.82, 2.24) is 9.78 Å². The SMILES string of the molecule is CC1CCC2C(=CC=C(C(=O)c3c[nH]n(C)c3=O)C2C)S(=O)(=O)C1. The fourth-order valence-corrected chi connectivity index (χ4v) is 5.89. The monoisotopic (exact) mass is 350 g/mol. The number of ketones is 1. The number of aromatic amines is 1. The molecule has 24 heavy (non-hydrogen) atoms. The third kappa shape index (κ3) is 2.70. The van der Waals surface area contributed by atoms with E-state index in [0.29, 0.717) is 10.5 Å². The van der Waals surface area contributed by atoms with Crippen LogP contribution >= 0.6 is 0 Å². The molecule has 130 valence electrons. The lowest BCUT2D eigenvalue weighted by Crippen LogP contribution is -2.28. The molecule has 6 nitrogen and oxygen atoms in total. The van der Waals surface area contributed by atoms with E-state index in [1.54, 1.807) is 19.2 Å². The molecule has 1 aromatic rings. The molecule has 1 N–H and O–H groups in total. The number of carbonyl (C=O) groups excluding carboxylic acids is 1. The van der Waals surface area contributed by atoms with E-state index in [-0.39, 0.29) is 40.4 Å². The molecule has 3 rings (SSSR count). The highest BCUT2D eigenvalue weighted by atomic mass is 32.2. The first-order chi connectivity index (χ1) is 11.2. The molecular weight excluding hydrogens is 328 g/mol. The van der Waals surface area contributed by atoms with Gasteiger partial charge in [0.1, 0.15) is 5.56 Å². The van der Waals surface area contributed by atoms with Gasteiger partial charge in [0.15, 0.2) is 15.6 Å². The Bertz CT molecular complexity index is 901. The van der Waals surface area contributed by atoms with Crippen LogP contribution in [0, 0.1) is 17.8 Å². The highest BCUT2D eigenvalue weighted by Gasteiger charge is 2.39. The number of fused-ring (bicyclic) bond motifs is 1. The minimum absolute atomic E-state index is 0.0947. The number of hydrogen-bond acceptors (Lipinski definition) is 4. The third-order valence-corrected chi connectivity index (χ3v) is 7.33. The number of sulfone groups is 1. The Morgan fingerprint density at radius 2 is 1.96 bits per heavy atom. The molecule has 1 aromatic heterocycles. The molecule has 7 heteroatoms. The van der Waals surface area contributed by atoms with Crippen molar-refractivity contribution in [3.05, 3.63) is 44.7 Å². The van der Waals surface area contributed by atoms with Gasteiger partial charge in [0.25, 0.3) is 5.56 Å². The molecule has 0 aromatic carbocycles. The van der Waals surface area contributed by atoms with Crippen molar-refractivity contribution in [3.8, 4) is 0 Å². The zero-order chi connectivity index (χ0) is 17.6. The lowest BCUT2D eigenvalue weighted by molar-refractivity contribution is 0.101. The van der Waals surface area contributed by atoms with E-state index in [4.69, 9.17) is 0 Å². The summed E-state index contributed by atoms with van der Waals surface area (Å²) in [5.41, 5.74) is 0.229. The van der Waals surface area contributed by atoms with Crippen molar-refractivity contribution in [2.45, 2.75) is 26.7 Å². The van der Waals surface area contributed by atoms with Gasteiger partial charge >= 0.3 is 0 Å². The summed E-state index contributed by atoms with van der Waals surface area (Å²) < 4.78 is 26.4. The minimum atomic E-state index is -3.29. The molecule has 1 saturated heterocycles. The maximum absolute atomic E-state index is 12.8. The largest absolute Gasteiger partial charge is 0.302 e. The zero-order valence-electron chi connectivity index (χ0n) is 14.1. The van der Waals surface area contributed by atoms with E-state index in [0.717, 1.165) is 12.8 Å². The van der Waals surface area contributed by atoms with Gasteiger partial charge in [-0.3, -0.25) is 14.3 Å². The number of nitrogens with one attached hydrogen (secondary N) is 1. The van der Waals surface area contributed by atoms with E-state index in [1.807, 2.05) is 13.8 Å². The zero-order valence-corrected chi connectivity index (χ0v) is 14.9. The average molecular weight is 350 g/mol. The van der Waals surface area contributed by atoms with Gasteiger partial charge in [-0.05, 0) is 30.8 Å². The number of H-pyrrole nitrogens is 1. The van der Waals surface area contributed by atoms with Crippen LogP contribution in [0.1, 0.15) is 37.0 Å². The fourth-order valence-electron chi connectivity index (χ4n) is 3.72. The summed E-state index contributed by atoms with van der Waals surface area (Å²) >= 11 is 0. The highest BCUT2D eigenvalue weighted by Crippen LogP contribution is 2.41. The van der Waals surface area contributed by atoms with Crippen LogP contribution in [0.25, 0.3) is 0 Å². The van der Waals surface area contributed by atoms with Gasteiger partial charge in [-0.15, -0.1) is 0 Å². The van der Waals surface area contributed by atoms with Gasteiger partial charge in [0.2, 0.25) is 0 Å². The molecular formula is C17H22N2O4S. The summed E-state index contributed by atoms with van der Waals surface area (Å²) in [6, 6.07) is 0. The Hall–Kier alpha value is -1.89. The smallest absolute Gasteiger partial charge is 0.277 e. The quantitative estimate of drug-likeness (QED) is 0.824. The molecule has 1 aliphatic heterocycles. The van der Waals surface area contributed by atoms with Crippen LogP contribution < -0.4 is 5.56 Å². The highest BCUT2D eigenvalue weighted by molar-refractivity contribution is 7.95. The molecule has 0 saturated carbocycles. The maximum atomic E-state index is 12.8. The van der Waals surface area contributed by atoms with Gasteiger partial charge in [0.05, 0.1) is 5.75 Å². The van der Waals surface area contributed by atoms with E-state index < -0.39 is 9.84 Å². The van der Waals surface area contributed by atoms with Gasteiger partial charge in [-0.1, -0.05) is 19.9 Å².